The molecule has 110 valence electrons. The molecule has 0 radical (unpaired) electrons. The molecule has 1 N–H and O–H groups in total. The summed E-state index contributed by atoms with van der Waals surface area (Å²) >= 11 is 0. The molecule has 2 heterocycles. The first-order chi connectivity index (χ1) is 9.51. The van der Waals surface area contributed by atoms with Gasteiger partial charge < -0.3 is 4.98 Å². The van der Waals surface area contributed by atoms with Crippen LogP contribution in [0.5, 0.6) is 0 Å². The van der Waals surface area contributed by atoms with Gasteiger partial charge in [-0.1, -0.05) is 6.92 Å². The fourth-order valence-electron chi connectivity index (χ4n) is 2.62. The zero-order valence-corrected chi connectivity index (χ0v) is 11.8. The Morgan fingerprint density at radius 3 is 2.85 bits per heavy atom. The predicted octanol–water partition coefficient (Wildman–Crippen LogP) is 1.13. The van der Waals surface area contributed by atoms with Crippen molar-refractivity contribution in [3.8, 4) is 0 Å². The van der Waals surface area contributed by atoms with E-state index in [1.165, 1.54) is 12.3 Å². The van der Waals surface area contributed by atoms with E-state index in [4.69, 9.17) is 0 Å². The lowest BCUT2D eigenvalue weighted by atomic mass is 10.1. The molecule has 0 spiro atoms. The summed E-state index contributed by atoms with van der Waals surface area (Å²) < 4.78 is 0. The highest BCUT2D eigenvalue weighted by molar-refractivity contribution is 5.96. The summed E-state index contributed by atoms with van der Waals surface area (Å²) in [6, 6.07) is 1.73. The van der Waals surface area contributed by atoms with Gasteiger partial charge in [-0.05, 0) is 13.5 Å². The number of Topliss-reactive ketones (excluding diaryl/α,β-unsaturated/α-hetero) is 1. The standard InChI is InChI=1S/C13H20N4O3/c1-3-16-5-4-15(8-10(16)2)9-13(18)12-6-11(7-14-12)17(19)20/h6-7,10,14H,3-5,8-9H2,1-2H3. The van der Waals surface area contributed by atoms with Crippen LogP contribution in [0.25, 0.3) is 0 Å². The zero-order valence-electron chi connectivity index (χ0n) is 11.8. The van der Waals surface area contributed by atoms with Gasteiger partial charge in [-0.3, -0.25) is 24.7 Å². The highest BCUT2D eigenvalue weighted by atomic mass is 16.6. The lowest BCUT2D eigenvalue weighted by Crippen LogP contribution is -2.52. The van der Waals surface area contributed by atoms with E-state index < -0.39 is 4.92 Å². The summed E-state index contributed by atoms with van der Waals surface area (Å²) in [7, 11) is 0. The fourth-order valence-corrected chi connectivity index (χ4v) is 2.62. The van der Waals surface area contributed by atoms with Gasteiger partial charge in [0, 0.05) is 31.7 Å². The molecule has 1 aromatic heterocycles. The molecule has 7 heteroatoms. The second-order valence-electron chi connectivity index (χ2n) is 5.16. The van der Waals surface area contributed by atoms with Crippen LogP contribution in [0, 0.1) is 10.1 Å². The van der Waals surface area contributed by atoms with E-state index in [9.17, 15) is 14.9 Å². The Morgan fingerprint density at radius 1 is 1.55 bits per heavy atom. The van der Waals surface area contributed by atoms with Gasteiger partial charge in [-0.2, -0.15) is 0 Å². The van der Waals surface area contributed by atoms with Gasteiger partial charge in [-0.25, -0.2) is 0 Å². The number of ketones is 1. The third-order valence-electron chi connectivity index (χ3n) is 3.80. The van der Waals surface area contributed by atoms with Crippen LogP contribution in [-0.4, -0.2) is 64.3 Å². The number of aromatic nitrogens is 1. The molecule has 1 unspecified atom stereocenters. The summed E-state index contributed by atoms with van der Waals surface area (Å²) in [5.41, 5.74) is 0.236. The maximum Gasteiger partial charge on any atom is 0.287 e. The van der Waals surface area contributed by atoms with E-state index >= 15 is 0 Å². The van der Waals surface area contributed by atoms with E-state index in [0.29, 0.717) is 18.3 Å². The van der Waals surface area contributed by atoms with Crippen molar-refractivity contribution in [2.45, 2.75) is 19.9 Å². The highest BCUT2D eigenvalue weighted by Gasteiger charge is 2.24. The molecule has 1 fully saturated rings. The topological polar surface area (TPSA) is 82.5 Å². The van der Waals surface area contributed by atoms with Crippen LogP contribution < -0.4 is 0 Å². The number of aromatic amines is 1. The van der Waals surface area contributed by atoms with Gasteiger partial charge in [0.05, 0.1) is 23.4 Å². The minimum Gasteiger partial charge on any atom is -0.353 e. The fraction of sp³-hybridized carbons (Fsp3) is 0.615. The average Bonchev–Trinajstić information content (AvgIpc) is 2.88. The number of piperazine rings is 1. The van der Waals surface area contributed by atoms with E-state index in [2.05, 4.69) is 28.6 Å². The largest absolute Gasteiger partial charge is 0.353 e. The van der Waals surface area contributed by atoms with Crippen LogP contribution in [-0.2, 0) is 0 Å². The Balaban J connectivity index is 1.93. The molecule has 0 aromatic carbocycles. The van der Waals surface area contributed by atoms with Crippen molar-refractivity contribution < 1.29 is 9.72 Å². The number of carbonyl (C=O) groups is 1. The predicted molar refractivity (Wildman–Crippen MR) is 74.9 cm³/mol. The Labute approximate surface area is 117 Å². The molecule has 1 aliphatic rings. The molecule has 7 nitrogen and oxygen atoms in total. The highest BCUT2D eigenvalue weighted by Crippen LogP contribution is 2.14. The van der Waals surface area contributed by atoms with E-state index in [1.807, 2.05) is 0 Å². The first-order valence-electron chi connectivity index (χ1n) is 6.83. The zero-order chi connectivity index (χ0) is 14.7. The van der Waals surface area contributed by atoms with Crippen LogP contribution in [0.3, 0.4) is 0 Å². The van der Waals surface area contributed by atoms with E-state index in [1.54, 1.807) is 0 Å². The van der Waals surface area contributed by atoms with E-state index in [-0.39, 0.29) is 11.5 Å². The number of nitrogens with one attached hydrogen (secondary N) is 1. The number of rotatable bonds is 5. The van der Waals surface area contributed by atoms with Crippen LogP contribution in [0.1, 0.15) is 24.3 Å². The molecule has 0 saturated carbocycles. The van der Waals surface area contributed by atoms with Crippen molar-refractivity contribution in [2.75, 3.05) is 32.7 Å². The van der Waals surface area contributed by atoms with Crippen LogP contribution in [0.15, 0.2) is 12.3 Å². The minimum absolute atomic E-state index is 0.0717. The summed E-state index contributed by atoms with van der Waals surface area (Å²) in [5, 5.41) is 10.6. The SMILES string of the molecule is CCN1CCN(CC(=O)c2cc([N+](=O)[O-])c[nH]2)CC1C. The summed E-state index contributed by atoms with van der Waals surface area (Å²) in [6.45, 7) is 8.27. The van der Waals surface area contributed by atoms with Crippen molar-refractivity contribution in [3.63, 3.8) is 0 Å². The number of nitro groups is 1. The smallest absolute Gasteiger partial charge is 0.287 e. The molecule has 1 aromatic rings. The molecule has 0 bridgehead atoms. The Kier molecular flexibility index (Phi) is 4.51. The Morgan fingerprint density at radius 2 is 2.30 bits per heavy atom. The van der Waals surface area contributed by atoms with Crippen molar-refractivity contribution in [1.82, 2.24) is 14.8 Å². The van der Waals surface area contributed by atoms with Gasteiger partial charge in [0.15, 0.2) is 5.78 Å². The molecular weight excluding hydrogens is 260 g/mol. The Hall–Kier alpha value is -1.73. The van der Waals surface area contributed by atoms with Gasteiger partial charge >= 0.3 is 0 Å². The second kappa shape index (κ2) is 6.15. The number of likely N-dealkylation sites (N-methyl/N-ethyl adjacent to an activating group) is 1. The first-order valence-corrected chi connectivity index (χ1v) is 6.83. The number of hydrogen-bond donors (Lipinski definition) is 1. The normalized spacial score (nSPS) is 21.0. The number of carbonyl (C=O) groups excluding carboxylic acids is 1. The van der Waals surface area contributed by atoms with Gasteiger partial charge in [0.25, 0.3) is 5.69 Å². The quantitative estimate of drug-likeness (QED) is 0.496. The third-order valence-corrected chi connectivity index (χ3v) is 3.80. The molecular formula is C13H20N4O3. The lowest BCUT2D eigenvalue weighted by Gasteiger charge is -2.38. The van der Waals surface area contributed by atoms with Crippen LogP contribution >= 0.6 is 0 Å². The summed E-state index contributed by atoms with van der Waals surface area (Å²) in [6.07, 6.45) is 1.25. The summed E-state index contributed by atoms with van der Waals surface area (Å²) in [5.74, 6) is -0.102. The van der Waals surface area contributed by atoms with Crippen LogP contribution in [0.4, 0.5) is 5.69 Å². The number of nitrogens with zero attached hydrogens (tertiary/aromatic N) is 3. The van der Waals surface area contributed by atoms with Gasteiger partial charge in [0.1, 0.15) is 0 Å². The third kappa shape index (κ3) is 3.23. The molecule has 1 aliphatic heterocycles. The first kappa shape index (κ1) is 14.7. The maximum atomic E-state index is 12.1. The summed E-state index contributed by atoms with van der Waals surface area (Å²) in [4.78, 5) is 29.3. The molecule has 1 atom stereocenters. The molecule has 2 rings (SSSR count). The van der Waals surface area contributed by atoms with Crippen molar-refractivity contribution in [1.29, 1.82) is 0 Å². The molecule has 20 heavy (non-hydrogen) atoms. The molecule has 0 aliphatic carbocycles. The van der Waals surface area contributed by atoms with Crippen molar-refractivity contribution >= 4 is 11.5 Å². The monoisotopic (exact) mass is 280 g/mol. The van der Waals surface area contributed by atoms with Gasteiger partial charge in [0.2, 0.25) is 0 Å². The van der Waals surface area contributed by atoms with Gasteiger partial charge in [-0.15, -0.1) is 0 Å². The molecule has 0 amide bonds. The lowest BCUT2D eigenvalue weighted by molar-refractivity contribution is -0.384. The average molecular weight is 280 g/mol. The minimum atomic E-state index is -0.505. The maximum absolute atomic E-state index is 12.1. The number of hydrogen-bond acceptors (Lipinski definition) is 5. The van der Waals surface area contributed by atoms with E-state index in [0.717, 1.165) is 26.2 Å². The number of H-pyrrole nitrogens is 1. The Bertz CT molecular complexity index is 500. The van der Waals surface area contributed by atoms with Crippen molar-refractivity contribution in [3.05, 3.63) is 28.1 Å². The van der Waals surface area contributed by atoms with Crippen molar-refractivity contribution in [2.24, 2.45) is 0 Å². The molecule has 1 saturated heterocycles. The van der Waals surface area contributed by atoms with Crippen LogP contribution in [0.2, 0.25) is 0 Å². The second-order valence-corrected chi connectivity index (χ2v) is 5.16.